The molecule has 11 heavy (non-hydrogen) atoms. The van der Waals surface area contributed by atoms with Crippen LogP contribution in [0.1, 0.15) is 11.6 Å². The number of halogens is 1. The van der Waals surface area contributed by atoms with Crippen molar-refractivity contribution in [1.82, 2.24) is 0 Å². The Morgan fingerprint density at radius 1 is 1.55 bits per heavy atom. The highest BCUT2D eigenvalue weighted by atomic mass is 127. The molecular weight excluding hydrogens is 253 g/mol. The summed E-state index contributed by atoms with van der Waals surface area (Å²) in [6, 6.07) is 7.58. The first-order valence-electron chi connectivity index (χ1n) is 3.36. The number of hydrogen-bond acceptors (Lipinski definition) is 2. The molecule has 60 valence electrons. The molecule has 2 nitrogen and oxygen atoms in total. The van der Waals surface area contributed by atoms with Crippen molar-refractivity contribution in [2.45, 2.75) is 6.04 Å². The summed E-state index contributed by atoms with van der Waals surface area (Å²) in [7, 11) is 0. The summed E-state index contributed by atoms with van der Waals surface area (Å²) in [5, 5.41) is 8.75. The Hall–Kier alpha value is -0.130. The van der Waals surface area contributed by atoms with E-state index in [2.05, 4.69) is 22.6 Å². The fourth-order valence-corrected chi connectivity index (χ4v) is 1.41. The molecule has 0 saturated carbocycles. The summed E-state index contributed by atoms with van der Waals surface area (Å²) in [5.41, 5.74) is 6.60. The van der Waals surface area contributed by atoms with Crippen LogP contribution in [0, 0.1) is 3.57 Å². The summed E-state index contributed by atoms with van der Waals surface area (Å²) in [4.78, 5) is 0. The van der Waals surface area contributed by atoms with E-state index in [1.54, 1.807) is 0 Å². The van der Waals surface area contributed by atoms with Gasteiger partial charge in [-0.2, -0.15) is 0 Å². The van der Waals surface area contributed by atoms with Crippen LogP contribution in [0.15, 0.2) is 24.3 Å². The van der Waals surface area contributed by atoms with Gasteiger partial charge in [-0.3, -0.25) is 0 Å². The van der Waals surface area contributed by atoms with E-state index in [0.29, 0.717) is 0 Å². The molecule has 0 saturated heterocycles. The quantitative estimate of drug-likeness (QED) is 0.789. The van der Waals surface area contributed by atoms with Crippen LogP contribution in [0.2, 0.25) is 0 Å². The van der Waals surface area contributed by atoms with E-state index >= 15 is 0 Å². The molecule has 0 heterocycles. The highest BCUT2D eigenvalue weighted by Gasteiger charge is 2.02. The summed E-state index contributed by atoms with van der Waals surface area (Å²) in [6.45, 7) is 0.0000926. The number of aliphatic hydroxyl groups excluding tert-OH is 1. The molecule has 1 atom stereocenters. The Morgan fingerprint density at radius 3 is 2.82 bits per heavy atom. The lowest BCUT2D eigenvalue weighted by Crippen LogP contribution is -2.14. The van der Waals surface area contributed by atoms with Gasteiger partial charge < -0.3 is 10.8 Å². The van der Waals surface area contributed by atoms with Gasteiger partial charge in [0.25, 0.3) is 0 Å². The van der Waals surface area contributed by atoms with Gasteiger partial charge in [0.2, 0.25) is 0 Å². The molecule has 1 rings (SSSR count). The maximum atomic E-state index is 8.75. The highest BCUT2D eigenvalue weighted by molar-refractivity contribution is 14.1. The van der Waals surface area contributed by atoms with Gasteiger partial charge in [0, 0.05) is 3.57 Å². The minimum atomic E-state index is -0.246. The number of rotatable bonds is 2. The molecule has 0 aliphatic carbocycles. The maximum Gasteiger partial charge on any atom is 0.0624 e. The molecule has 0 aliphatic rings. The van der Waals surface area contributed by atoms with E-state index in [-0.39, 0.29) is 12.6 Å². The van der Waals surface area contributed by atoms with Crippen LogP contribution in [-0.2, 0) is 0 Å². The standard InChI is InChI=1S/C8H10INO/c9-7-3-1-2-6(4-7)8(10)5-11/h1-4,8,11H,5,10H2/t8-/m0/s1. The van der Waals surface area contributed by atoms with Gasteiger partial charge in [-0.15, -0.1) is 0 Å². The predicted octanol–water partition coefficient (Wildman–Crippen LogP) is 1.28. The average molecular weight is 263 g/mol. The first-order chi connectivity index (χ1) is 5.24. The molecule has 0 fully saturated rings. The van der Waals surface area contributed by atoms with Crippen molar-refractivity contribution in [1.29, 1.82) is 0 Å². The molecule has 0 aliphatic heterocycles. The van der Waals surface area contributed by atoms with Crippen LogP contribution in [-0.4, -0.2) is 11.7 Å². The van der Waals surface area contributed by atoms with Crippen LogP contribution >= 0.6 is 22.6 Å². The van der Waals surface area contributed by atoms with Gasteiger partial charge in [0.05, 0.1) is 12.6 Å². The summed E-state index contributed by atoms with van der Waals surface area (Å²) in [5.74, 6) is 0. The van der Waals surface area contributed by atoms with E-state index in [9.17, 15) is 0 Å². The van der Waals surface area contributed by atoms with Crippen LogP contribution in [0.5, 0.6) is 0 Å². The van der Waals surface area contributed by atoms with E-state index in [1.165, 1.54) is 0 Å². The largest absolute Gasteiger partial charge is 0.394 e. The lowest BCUT2D eigenvalue weighted by atomic mass is 10.1. The number of hydrogen-bond donors (Lipinski definition) is 2. The van der Waals surface area contributed by atoms with Crippen molar-refractivity contribution in [3.8, 4) is 0 Å². The fourth-order valence-electron chi connectivity index (χ4n) is 0.843. The zero-order valence-electron chi connectivity index (χ0n) is 6.00. The summed E-state index contributed by atoms with van der Waals surface area (Å²) >= 11 is 2.22. The summed E-state index contributed by atoms with van der Waals surface area (Å²) in [6.07, 6.45) is 0. The molecular formula is C8H10INO. The molecule has 1 aromatic carbocycles. The van der Waals surface area contributed by atoms with Crippen molar-refractivity contribution in [2.75, 3.05) is 6.61 Å². The Bertz CT molecular complexity index is 239. The minimum absolute atomic E-state index is 0.0000926. The molecule has 0 aromatic heterocycles. The topological polar surface area (TPSA) is 46.2 Å². The zero-order chi connectivity index (χ0) is 8.27. The van der Waals surface area contributed by atoms with Crippen molar-refractivity contribution < 1.29 is 5.11 Å². The van der Waals surface area contributed by atoms with Crippen molar-refractivity contribution in [3.63, 3.8) is 0 Å². The minimum Gasteiger partial charge on any atom is -0.394 e. The molecule has 0 bridgehead atoms. The van der Waals surface area contributed by atoms with Gasteiger partial charge in [-0.05, 0) is 40.3 Å². The molecule has 0 spiro atoms. The van der Waals surface area contributed by atoms with Crippen LogP contribution in [0.25, 0.3) is 0 Å². The lowest BCUT2D eigenvalue weighted by molar-refractivity contribution is 0.268. The number of aliphatic hydroxyl groups is 1. The van der Waals surface area contributed by atoms with E-state index < -0.39 is 0 Å². The Morgan fingerprint density at radius 2 is 2.27 bits per heavy atom. The zero-order valence-corrected chi connectivity index (χ0v) is 8.15. The second-order valence-corrected chi connectivity index (χ2v) is 3.59. The average Bonchev–Trinajstić information content (AvgIpc) is 2.03. The van der Waals surface area contributed by atoms with Crippen molar-refractivity contribution in [2.24, 2.45) is 5.73 Å². The van der Waals surface area contributed by atoms with Gasteiger partial charge in [0.1, 0.15) is 0 Å². The third-order valence-corrected chi connectivity index (χ3v) is 2.14. The van der Waals surface area contributed by atoms with E-state index in [4.69, 9.17) is 10.8 Å². The Balaban J connectivity index is 2.86. The monoisotopic (exact) mass is 263 g/mol. The SMILES string of the molecule is N[C@@H](CO)c1cccc(I)c1. The lowest BCUT2D eigenvalue weighted by Gasteiger charge is -2.07. The normalized spacial score (nSPS) is 13.0. The smallest absolute Gasteiger partial charge is 0.0624 e. The summed E-state index contributed by atoms with van der Waals surface area (Å²) < 4.78 is 1.14. The molecule has 3 N–H and O–H groups in total. The van der Waals surface area contributed by atoms with Crippen LogP contribution in [0.4, 0.5) is 0 Å². The highest BCUT2D eigenvalue weighted by Crippen LogP contribution is 2.12. The third kappa shape index (κ3) is 2.43. The first-order valence-corrected chi connectivity index (χ1v) is 4.44. The molecule has 0 radical (unpaired) electrons. The molecule has 0 unspecified atom stereocenters. The van der Waals surface area contributed by atoms with Gasteiger partial charge in [0.15, 0.2) is 0 Å². The second kappa shape index (κ2) is 4.04. The maximum absolute atomic E-state index is 8.75. The van der Waals surface area contributed by atoms with Crippen LogP contribution < -0.4 is 5.73 Å². The van der Waals surface area contributed by atoms with E-state index in [1.807, 2.05) is 24.3 Å². The molecule has 3 heteroatoms. The van der Waals surface area contributed by atoms with Gasteiger partial charge in [-0.25, -0.2) is 0 Å². The molecule has 1 aromatic rings. The fraction of sp³-hybridized carbons (Fsp3) is 0.250. The number of nitrogens with two attached hydrogens (primary N) is 1. The van der Waals surface area contributed by atoms with Crippen molar-refractivity contribution in [3.05, 3.63) is 33.4 Å². The Labute approximate surface area is 79.6 Å². The van der Waals surface area contributed by atoms with Gasteiger partial charge in [-0.1, -0.05) is 12.1 Å². The first kappa shape index (κ1) is 8.96. The third-order valence-electron chi connectivity index (χ3n) is 1.47. The van der Waals surface area contributed by atoms with Crippen LogP contribution in [0.3, 0.4) is 0 Å². The van der Waals surface area contributed by atoms with Gasteiger partial charge >= 0.3 is 0 Å². The second-order valence-electron chi connectivity index (χ2n) is 2.34. The molecule has 0 amide bonds. The van der Waals surface area contributed by atoms with E-state index in [0.717, 1.165) is 9.13 Å². The predicted molar refractivity (Wildman–Crippen MR) is 53.2 cm³/mol. The Kier molecular flexibility index (Phi) is 3.29. The van der Waals surface area contributed by atoms with Crippen molar-refractivity contribution >= 4 is 22.6 Å². The number of benzene rings is 1.